The van der Waals surface area contributed by atoms with Crippen molar-refractivity contribution in [3.05, 3.63) is 50.6 Å². The van der Waals surface area contributed by atoms with Gasteiger partial charge in [-0.25, -0.2) is 9.97 Å². The predicted molar refractivity (Wildman–Crippen MR) is 110 cm³/mol. The predicted octanol–water partition coefficient (Wildman–Crippen LogP) is 4.38. The zero-order chi connectivity index (χ0) is 19.4. The maximum atomic E-state index is 12.9. The van der Waals surface area contributed by atoms with Gasteiger partial charge in [0.25, 0.3) is 0 Å². The number of nitrogens with one attached hydrogen (secondary N) is 1. The summed E-state index contributed by atoms with van der Waals surface area (Å²) in [7, 11) is 0. The number of ketones is 1. The molecule has 142 valence electrons. The lowest BCUT2D eigenvalue weighted by Gasteiger charge is -2.11. The number of nitrogens with zero attached hydrogens (tertiary/aromatic N) is 2. The average molecular weight is 412 g/mol. The molecular formula is C21H18ClN3O2S. The zero-order valence-corrected chi connectivity index (χ0v) is 16.9. The molecule has 5 rings (SSSR count). The first-order valence-electron chi connectivity index (χ1n) is 9.35. The van der Waals surface area contributed by atoms with Gasteiger partial charge in [0.05, 0.1) is 11.4 Å². The second-order valence-electron chi connectivity index (χ2n) is 7.57. The molecule has 0 unspecified atom stereocenters. The highest BCUT2D eigenvalue weighted by atomic mass is 35.5. The lowest BCUT2D eigenvalue weighted by atomic mass is 9.96. The number of rotatable bonds is 5. The van der Waals surface area contributed by atoms with Gasteiger partial charge in [-0.1, -0.05) is 22.9 Å². The van der Waals surface area contributed by atoms with Crippen LogP contribution in [0.4, 0.5) is 5.69 Å². The minimum absolute atomic E-state index is 0.0597. The molecule has 0 bridgehead atoms. The largest absolute Gasteiger partial charge is 0.325 e. The first kappa shape index (κ1) is 17.8. The average Bonchev–Trinajstić information content (AvgIpc) is 3.27. The number of Topliss-reactive ketones (excluding diaryl/α,β-unsaturated/α-hetero) is 1. The summed E-state index contributed by atoms with van der Waals surface area (Å²) in [6.45, 7) is 1.99. The van der Waals surface area contributed by atoms with Gasteiger partial charge in [0, 0.05) is 29.7 Å². The smallest absolute Gasteiger partial charge is 0.228 e. The number of hydrogen-bond acceptors (Lipinski definition) is 5. The second kappa shape index (κ2) is 6.64. The number of hydrogen-bond donors (Lipinski definition) is 1. The lowest BCUT2D eigenvalue weighted by Crippen LogP contribution is -2.11. The van der Waals surface area contributed by atoms with E-state index in [-0.39, 0.29) is 18.1 Å². The number of fused-ring (bicyclic) bond motifs is 2. The van der Waals surface area contributed by atoms with Gasteiger partial charge in [-0.15, -0.1) is 0 Å². The Balaban J connectivity index is 1.44. The summed E-state index contributed by atoms with van der Waals surface area (Å²) in [5, 5.41) is 4.41. The normalized spacial score (nSPS) is 15.7. The third-order valence-corrected chi connectivity index (χ3v) is 6.39. The number of aromatic nitrogens is 2. The quantitative estimate of drug-likeness (QED) is 0.676. The Hall–Kier alpha value is -2.31. The van der Waals surface area contributed by atoms with Gasteiger partial charge in [0.1, 0.15) is 16.1 Å². The summed E-state index contributed by atoms with van der Waals surface area (Å²) in [4.78, 5) is 34.8. The number of pyridine rings is 1. The van der Waals surface area contributed by atoms with Gasteiger partial charge in [0.15, 0.2) is 0 Å². The molecule has 1 saturated carbocycles. The molecule has 0 radical (unpaired) electrons. The van der Waals surface area contributed by atoms with Crippen molar-refractivity contribution in [3.8, 4) is 0 Å². The third-order valence-electron chi connectivity index (χ3n) is 5.30. The molecule has 1 aromatic carbocycles. The van der Waals surface area contributed by atoms with Crippen LogP contribution in [0.15, 0.2) is 18.3 Å². The molecule has 5 nitrogen and oxygen atoms in total. The number of anilines is 1. The van der Waals surface area contributed by atoms with E-state index in [0.717, 1.165) is 50.6 Å². The zero-order valence-electron chi connectivity index (χ0n) is 15.3. The molecule has 1 fully saturated rings. The maximum absolute atomic E-state index is 12.9. The summed E-state index contributed by atoms with van der Waals surface area (Å²) >= 11 is 7.79. The molecule has 1 aliphatic carbocycles. The highest BCUT2D eigenvalue weighted by molar-refractivity contribution is 7.18. The van der Waals surface area contributed by atoms with E-state index >= 15 is 0 Å². The Bertz CT molecular complexity index is 1150. The first-order chi connectivity index (χ1) is 13.5. The summed E-state index contributed by atoms with van der Waals surface area (Å²) in [6.07, 6.45) is 5.00. The topological polar surface area (TPSA) is 72.0 Å². The monoisotopic (exact) mass is 411 g/mol. The van der Waals surface area contributed by atoms with Crippen LogP contribution in [0.2, 0.25) is 5.02 Å². The fourth-order valence-corrected chi connectivity index (χ4v) is 5.05. The molecule has 7 heteroatoms. The summed E-state index contributed by atoms with van der Waals surface area (Å²) in [5.74, 6) is 0.515. The molecule has 0 atom stereocenters. The van der Waals surface area contributed by atoms with Crippen molar-refractivity contribution in [2.45, 2.75) is 44.9 Å². The Morgan fingerprint density at radius 1 is 1.29 bits per heavy atom. The van der Waals surface area contributed by atoms with E-state index < -0.39 is 0 Å². The van der Waals surface area contributed by atoms with Gasteiger partial charge in [-0.2, -0.15) is 0 Å². The number of halogens is 1. The lowest BCUT2D eigenvalue weighted by molar-refractivity contribution is -0.118. The maximum Gasteiger partial charge on any atom is 0.228 e. The molecule has 3 aromatic rings. The van der Waals surface area contributed by atoms with Crippen LogP contribution >= 0.6 is 22.9 Å². The van der Waals surface area contributed by atoms with Crippen LogP contribution in [-0.2, 0) is 28.9 Å². The highest BCUT2D eigenvalue weighted by Crippen LogP contribution is 2.45. The molecule has 3 heterocycles. The van der Waals surface area contributed by atoms with Crippen LogP contribution in [0.5, 0.6) is 0 Å². The first-order valence-corrected chi connectivity index (χ1v) is 10.5. The SMILES string of the molecule is Cc1nc2c(C3CC3)c(CC(=O)Cc3cc(Cl)cc4c3NC(=O)C4)cnc2s1. The molecule has 2 aliphatic rings. The fraction of sp³-hybridized carbons (Fsp3) is 0.333. The number of carbonyl (C=O) groups excluding carboxylic acids is 2. The van der Waals surface area contributed by atoms with Crippen molar-refractivity contribution in [1.29, 1.82) is 0 Å². The van der Waals surface area contributed by atoms with Gasteiger partial charge in [-0.05, 0) is 60.1 Å². The molecular weight excluding hydrogens is 394 g/mol. The Kier molecular flexibility index (Phi) is 4.21. The van der Waals surface area contributed by atoms with Crippen LogP contribution in [-0.4, -0.2) is 21.7 Å². The Labute approximate surface area is 171 Å². The molecule has 2 aromatic heterocycles. The number of amides is 1. The molecule has 28 heavy (non-hydrogen) atoms. The van der Waals surface area contributed by atoms with Crippen LogP contribution in [0, 0.1) is 6.92 Å². The Morgan fingerprint density at radius 3 is 2.86 bits per heavy atom. The number of carbonyl (C=O) groups is 2. The summed E-state index contributed by atoms with van der Waals surface area (Å²) in [5.41, 5.74) is 5.53. The van der Waals surface area contributed by atoms with Gasteiger partial charge < -0.3 is 5.32 Å². The number of thiazole rings is 1. The van der Waals surface area contributed by atoms with Crippen LogP contribution < -0.4 is 5.32 Å². The van der Waals surface area contributed by atoms with Gasteiger partial charge in [0.2, 0.25) is 5.91 Å². The third kappa shape index (κ3) is 3.20. The molecule has 0 spiro atoms. The fourth-order valence-electron chi connectivity index (χ4n) is 4.01. The van der Waals surface area contributed by atoms with Crippen molar-refractivity contribution in [1.82, 2.24) is 9.97 Å². The van der Waals surface area contributed by atoms with E-state index in [1.54, 1.807) is 23.5 Å². The molecule has 1 N–H and O–H groups in total. The highest BCUT2D eigenvalue weighted by Gasteiger charge is 2.30. The van der Waals surface area contributed by atoms with Gasteiger partial charge in [-0.3, -0.25) is 9.59 Å². The molecule has 1 aliphatic heterocycles. The van der Waals surface area contributed by atoms with Gasteiger partial charge >= 0.3 is 0 Å². The van der Waals surface area contributed by atoms with E-state index in [9.17, 15) is 9.59 Å². The standard InChI is InChI=1S/C21H18ClN3O2S/c1-10-24-20-18(11-2-3-11)14(9-23-21(20)28-10)7-16(26)6-12-4-15(22)5-13-8-17(27)25-19(12)13/h4-5,9,11H,2-3,6-8H2,1H3,(H,25,27). The van der Waals surface area contributed by atoms with Crippen LogP contribution in [0.1, 0.15) is 46.0 Å². The summed E-state index contributed by atoms with van der Waals surface area (Å²) in [6, 6.07) is 3.56. The van der Waals surface area contributed by atoms with Crippen molar-refractivity contribution in [2.75, 3.05) is 5.32 Å². The molecule has 0 saturated heterocycles. The molecule has 1 amide bonds. The van der Waals surface area contributed by atoms with E-state index in [4.69, 9.17) is 11.6 Å². The minimum Gasteiger partial charge on any atom is -0.325 e. The number of aryl methyl sites for hydroxylation is 1. The van der Waals surface area contributed by atoms with E-state index in [2.05, 4.69) is 15.3 Å². The van der Waals surface area contributed by atoms with E-state index in [1.165, 1.54) is 5.56 Å². The Morgan fingerprint density at radius 2 is 2.07 bits per heavy atom. The van der Waals surface area contributed by atoms with E-state index in [0.29, 0.717) is 23.8 Å². The summed E-state index contributed by atoms with van der Waals surface area (Å²) < 4.78 is 0. The van der Waals surface area contributed by atoms with Crippen molar-refractivity contribution in [3.63, 3.8) is 0 Å². The van der Waals surface area contributed by atoms with E-state index in [1.807, 2.05) is 13.1 Å². The van der Waals surface area contributed by atoms with Crippen molar-refractivity contribution >= 4 is 50.7 Å². The van der Waals surface area contributed by atoms with Crippen molar-refractivity contribution < 1.29 is 9.59 Å². The van der Waals surface area contributed by atoms with Crippen LogP contribution in [0.25, 0.3) is 10.3 Å². The van der Waals surface area contributed by atoms with Crippen molar-refractivity contribution in [2.24, 2.45) is 0 Å². The second-order valence-corrected chi connectivity index (χ2v) is 9.19. The minimum atomic E-state index is -0.0597. The number of benzene rings is 1. The van der Waals surface area contributed by atoms with Crippen LogP contribution in [0.3, 0.4) is 0 Å².